The fourth-order valence-electron chi connectivity index (χ4n) is 2.70. The monoisotopic (exact) mass is 364 g/mol. The number of nitrogens with zero attached hydrogens (tertiary/aromatic N) is 1. The number of carboxylic acids is 1. The van der Waals surface area contributed by atoms with E-state index in [0.29, 0.717) is 11.1 Å². The third-order valence-corrected chi connectivity index (χ3v) is 5.38. The van der Waals surface area contributed by atoms with Crippen molar-refractivity contribution in [3.8, 4) is 0 Å². The Morgan fingerprint density at radius 3 is 2.68 bits per heavy atom. The first-order valence-electron chi connectivity index (χ1n) is 7.47. The second kappa shape index (κ2) is 6.87. The molecule has 0 bridgehead atoms. The summed E-state index contributed by atoms with van der Waals surface area (Å²) in [4.78, 5) is 36.5. The Bertz CT molecular complexity index is 750. The number of aliphatic hydroxyl groups is 1. The molecule has 8 nitrogen and oxygen atoms in total. The minimum absolute atomic E-state index is 0.197. The number of fused-ring (bicyclic) bond motifs is 1. The third-order valence-electron chi connectivity index (χ3n) is 4.02. The number of aliphatic hydroxyl groups excluding tert-OH is 1. The molecule has 1 saturated heterocycles. The number of aliphatic carboxylic acids is 1. The van der Waals surface area contributed by atoms with Gasteiger partial charge in [-0.05, 0) is 5.56 Å². The number of benzene rings is 1. The Morgan fingerprint density at radius 1 is 1.36 bits per heavy atom. The minimum Gasteiger partial charge on any atom is -0.477 e. The maximum Gasteiger partial charge on any atom is 0.352 e. The molecule has 1 aromatic carbocycles. The van der Waals surface area contributed by atoms with Crippen LogP contribution in [0.4, 0.5) is 0 Å². The van der Waals surface area contributed by atoms with Gasteiger partial charge in [-0.25, -0.2) is 9.59 Å². The van der Waals surface area contributed by atoms with Crippen LogP contribution in [-0.2, 0) is 19.1 Å². The van der Waals surface area contributed by atoms with Crippen LogP contribution in [0.3, 0.4) is 0 Å². The van der Waals surface area contributed by atoms with E-state index in [4.69, 9.17) is 10.5 Å². The lowest BCUT2D eigenvalue weighted by Gasteiger charge is -2.47. The molecule has 2 aliphatic rings. The number of hydrogen-bond donors (Lipinski definition) is 3. The highest BCUT2D eigenvalue weighted by atomic mass is 32.2. The second-order valence-corrected chi connectivity index (χ2v) is 6.72. The summed E-state index contributed by atoms with van der Waals surface area (Å²) in [5, 5.41) is 19.0. The number of ether oxygens (including phenoxy) is 1. The van der Waals surface area contributed by atoms with Gasteiger partial charge in [-0.3, -0.25) is 9.69 Å². The van der Waals surface area contributed by atoms with E-state index in [-0.39, 0.29) is 18.1 Å². The molecule has 0 radical (unpaired) electrons. The van der Waals surface area contributed by atoms with E-state index in [1.54, 1.807) is 30.3 Å². The summed E-state index contributed by atoms with van der Waals surface area (Å²) in [5.41, 5.74) is 6.14. The van der Waals surface area contributed by atoms with Crippen LogP contribution < -0.4 is 5.73 Å². The molecule has 0 aliphatic carbocycles. The van der Waals surface area contributed by atoms with E-state index >= 15 is 0 Å². The maximum absolute atomic E-state index is 12.0. The fraction of sp³-hybridized carbons (Fsp3) is 0.312. The van der Waals surface area contributed by atoms with Crippen LogP contribution in [0.1, 0.15) is 11.7 Å². The van der Waals surface area contributed by atoms with Crippen LogP contribution >= 0.6 is 11.8 Å². The Morgan fingerprint density at radius 2 is 2.04 bits per heavy atom. The van der Waals surface area contributed by atoms with Gasteiger partial charge >= 0.3 is 11.9 Å². The smallest absolute Gasteiger partial charge is 0.352 e. The number of hydrogen-bond acceptors (Lipinski definition) is 7. The van der Waals surface area contributed by atoms with Gasteiger partial charge in [0.1, 0.15) is 23.7 Å². The van der Waals surface area contributed by atoms with Crippen LogP contribution in [0.2, 0.25) is 0 Å². The molecule has 0 saturated carbocycles. The standard InChI is InChI=1S/C16H16N2O6S/c17-10-13(20)18-11(15(21)22)9(7-25-14(10)18)6-24-16(23)12(19)8-4-2-1-3-5-8/h1-5,10,12,14,19H,6-7,17H2,(H,21,22). The molecular weight excluding hydrogens is 348 g/mol. The number of thioether (sulfide) groups is 1. The summed E-state index contributed by atoms with van der Waals surface area (Å²) in [7, 11) is 0. The van der Waals surface area contributed by atoms with E-state index in [2.05, 4.69) is 0 Å². The number of nitrogens with two attached hydrogens (primary N) is 1. The Labute approximate surface area is 147 Å². The number of esters is 1. The summed E-state index contributed by atoms with van der Waals surface area (Å²) in [6.07, 6.45) is -1.46. The predicted octanol–water partition coefficient (Wildman–Crippen LogP) is -0.156. The van der Waals surface area contributed by atoms with Gasteiger partial charge in [-0.1, -0.05) is 30.3 Å². The van der Waals surface area contributed by atoms with Gasteiger partial charge < -0.3 is 20.7 Å². The summed E-state index contributed by atoms with van der Waals surface area (Å²) in [6, 6.07) is 7.53. The van der Waals surface area contributed by atoms with Gasteiger partial charge in [-0.2, -0.15) is 0 Å². The highest BCUT2D eigenvalue weighted by Crippen LogP contribution is 2.39. The summed E-state index contributed by atoms with van der Waals surface area (Å²) in [6.45, 7) is -0.316. The van der Waals surface area contributed by atoms with E-state index < -0.39 is 35.4 Å². The zero-order chi connectivity index (χ0) is 18.1. The number of β-lactam (4-membered cyclic amide) rings is 1. The molecule has 4 N–H and O–H groups in total. The third kappa shape index (κ3) is 3.13. The minimum atomic E-state index is -1.46. The SMILES string of the molecule is NC1C(=O)N2C(C(=O)O)=C(COC(=O)C(O)c3ccccc3)CSC12. The molecule has 2 heterocycles. The summed E-state index contributed by atoms with van der Waals surface area (Å²) in [5.74, 6) is -2.36. The van der Waals surface area contributed by atoms with Crippen LogP contribution in [0.25, 0.3) is 0 Å². The highest BCUT2D eigenvalue weighted by molar-refractivity contribution is 8.00. The predicted molar refractivity (Wildman–Crippen MR) is 88.1 cm³/mol. The van der Waals surface area contributed by atoms with Crippen molar-refractivity contribution in [2.24, 2.45) is 5.73 Å². The molecule has 25 heavy (non-hydrogen) atoms. The summed E-state index contributed by atoms with van der Waals surface area (Å²) < 4.78 is 5.06. The molecule has 0 spiro atoms. The van der Waals surface area contributed by atoms with Crippen LogP contribution in [-0.4, -0.2) is 56.7 Å². The van der Waals surface area contributed by atoms with Crippen molar-refractivity contribution in [1.29, 1.82) is 0 Å². The van der Waals surface area contributed by atoms with Crippen LogP contribution in [0.5, 0.6) is 0 Å². The second-order valence-electron chi connectivity index (χ2n) is 5.61. The number of carboxylic acid groups (broad SMARTS) is 1. The van der Waals surface area contributed by atoms with Crippen molar-refractivity contribution < 1.29 is 29.3 Å². The number of amides is 1. The topological polar surface area (TPSA) is 130 Å². The average Bonchev–Trinajstić information content (AvgIpc) is 2.64. The molecule has 3 unspecified atom stereocenters. The lowest BCUT2D eigenvalue weighted by Crippen LogP contribution is -2.68. The molecule has 9 heteroatoms. The van der Waals surface area contributed by atoms with Crippen LogP contribution in [0.15, 0.2) is 41.6 Å². The first kappa shape index (κ1) is 17.5. The maximum atomic E-state index is 12.0. The lowest BCUT2D eigenvalue weighted by atomic mass is 10.0. The average molecular weight is 364 g/mol. The first-order valence-corrected chi connectivity index (χ1v) is 8.52. The van der Waals surface area contributed by atoms with E-state index in [0.717, 1.165) is 4.90 Å². The van der Waals surface area contributed by atoms with Crippen LogP contribution in [0, 0.1) is 0 Å². The van der Waals surface area contributed by atoms with Crippen molar-refractivity contribution in [2.75, 3.05) is 12.4 Å². The zero-order valence-corrected chi connectivity index (χ0v) is 13.8. The lowest BCUT2D eigenvalue weighted by molar-refractivity contribution is -0.153. The Hall–Kier alpha value is -2.36. The summed E-state index contributed by atoms with van der Waals surface area (Å²) >= 11 is 1.32. The molecule has 3 rings (SSSR count). The molecule has 1 aromatic rings. The Kier molecular flexibility index (Phi) is 4.80. The van der Waals surface area contributed by atoms with Gasteiger partial charge in [0.2, 0.25) is 5.91 Å². The van der Waals surface area contributed by atoms with Crippen molar-refractivity contribution in [3.63, 3.8) is 0 Å². The molecule has 1 amide bonds. The first-order chi connectivity index (χ1) is 11.9. The molecule has 2 aliphatic heterocycles. The molecule has 3 atom stereocenters. The van der Waals surface area contributed by atoms with E-state index in [1.807, 2.05) is 0 Å². The van der Waals surface area contributed by atoms with Gasteiger partial charge in [0.25, 0.3) is 0 Å². The molecule has 1 fully saturated rings. The van der Waals surface area contributed by atoms with Crippen molar-refractivity contribution in [2.45, 2.75) is 17.5 Å². The number of carbonyl (C=O) groups excluding carboxylic acids is 2. The highest BCUT2D eigenvalue weighted by Gasteiger charge is 2.51. The number of rotatable bonds is 5. The van der Waals surface area contributed by atoms with Gasteiger partial charge in [-0.15, -0.1) is 11.8 Å². The molecular formula is C16H16N2O6S. The quantitative estimate of drug-likeness (QED) is 0.485. The van der Waals surface area contributed by atoms with E-state index in [9.17, 15) is 24.6 Å². The van der Waals surface area contributed by atoms with Crippen molar-refractivity contribution >= 4 is 29.6 Å². The van der Waals surface area contributed by atoms with Crippen molar-refractivity contribution in [3.05, 3.63) is 47.2 Å². The zero-order valence-electron chi connectivity index (χ0n) is 13.0. The molecule has 0 aromatic heterocycles. The fourth-order valence-corrected chi connectivity index (χ4v) is 3.97. The van der Waals surface area contributed by atoms with Crippen molar-refractivity contribution in [1.82, 2.24) is 4.90 Å². The van der Waals surface area contributed by atoms with E-state index in [1.165, 1.54) is 11.8 Å². The number of carbonyl (C=O) groups is 3. The Balaban J connectivity index is 1.72. The normalized spacial score (nSPS) is 23.6. The van der Waals surface area contributed by atoms with Gasteiger partial charge in [0.05, 0.1) is 0 Å². The largest absolute Gasteiger partial charge is 0.477 e. The van der Waals surface area contributed by atoms with Gasteiger partial charge in [0.15, 0.2) is 6.10 Å². The molecule has 132 valence electrons. The van der Waals surface area contributed by atoms with Gasteiger partial charge in [0, 0.05) is 11.3 Å².